The second-order valence-electron chi connectivity index (χ2n) is 7.86. The summed E-state index contributed by atoms with van der Waals surface area (Å²) in [6.45, 7) is 7.05. The van der Waals surface area contributed by atoms with Gasteiger partial charge in [-0.25, -0.2) is 0 Å². The third kappa shape index (κ3) is 3.36. The van der Waals surface area contributed by atoms with Crippen molar-refractivity contribution in [3.8, 4) is 0 Å². The smallest absolute Gasteiger partial charge is 0.261 e. The molecule has 0 N–H and O–H groups in total. The van der Waals surface area contributed by atoms with Crippen LogP contribution in [0.1, 0.15) is 52.9 Å². The highest BCUT2D eigenvalue weighted by atomic mass is 28.4. The quantitative estimate of drug-likeness (QED) is 0.709. The zero-order valence-corrected chi connectivity index (χ0v) is 16.2. The Hall–Kier alpha value is -1.38. The van der Waals surface area contributed by atoms with Crippen LogP contribution in [0, 0.1) is 6.10 Å². The van der Waals surface area contributed by atoms with Crippen molar-refractivity contribution >= 4 is 18.7 Å². The topological polar surface area (TPSA) is 9.23 Å². The maximum Gasteiger partial charge on any atom is 0.261 e. The molecule has 0 amide bonds. The molecule has 0 bridgehead atoms. The van der Waals surface area contributed by atoms with Gasteiger partial charge in [-0.2, -0.15) is 0 Å². The molecular formula is C22H29OSi. The molecule has 1 fully saturated rings. The van der Waals surface area contributed by atoms with Crippen molar-refractivity contribution in [1.82, 2.24) is 0 Å². The Balaban J connectivity index is 2.13. The first-order valence-electron chi connectivity index (χ1n) is 9.19. The van der Waals surface area contributed by atoms with Crippen LogP contribution in [0.15, 0.2) is 60.7 Å². The molecule has 3 rings (SSSR count). The lowest BCUT2D eigenvalue weighted by Crippen LogP contribution is -2.67. The number of hydrogen-bond acceptors (Lipinski definition) is 1. The third-order valence-corrected chi connectivity index (χ3v) is 10.1. The van der Waals surface area contributed by atoms with E-state index in [2.05, 4.69) is 81.4 Å². The average Bonchev–Trinajstić information content (AvgIpc) is 2.61. The van der Waals surface area contributed by atoms with Crippen molar-refractivity contribution in [2.45, 2.75) is 57.9 Å². The largest absolute Gasteiger partial charge is 0.399 e. The molecular weight excluding hydrogens is 308 g/mol. The summed E-state index contributed by atoms with van der Waals surface area (Å²) >= 11 is 0. The number of benzene rings is 2. The monoisotopic (exact) mass is 337 g/mol. The van der Waals surface area contributed by atoms with Gasteiger partial charge in [0.2, 0.25) is 0 Å². The highest BCUT2D eigenvalue weighted by Crippen LogP contribution is 2.41. The highest BCUT2D eigenvalue weighted by molar-refractivity contribution is 6.99. The minimum Gasteiger partial charge on any atom is -0.399 e. The van der Waals surface area contributed by atoms with Crippen LogP contribution in [-0.2, 0) is 4.43 Å². The molecule has 0 unspecified atom stereocenters. The van der Waals surface area contributed by atoms with Crippen molar-refractivity contribution in [2.24, 2.45) is 0 Å². The SMILES string of the molecule is CC(C)(C)[Si](O[C]1CCCCC1)(c1ccccc1)c1ccccc1. The van der Waals surface area contributed by atoms with Gasteiger partial charge in [-0.3, -0.25) is 0 Å². The van der Waals surface area contributed by atoms with Gasteiger partial charge in [-0.05, 0) is 28.3 Å². The predicted octanol–water partition coefficient (Wildman–Crippen LogP) is 5.06. The van der Waals surface area contributed by atoms with E-state index >= 15 is 0 Å². The van der Waals surface area contributed by atoms with Gasteiger partial charge in [-0.15, -0.1) is 0 Å². The summed E-state index contributed by atoms with van der Waals surface area (Å²) in [5.41, 5.74) is 0. The van der Waals surface area contributed by atoms with E-state index < -0.39 is 8.32 Å². The summed E-state index contributed by atoms with van der Waals surface area (Å²) in [6, 6.07) is 21.9. The molecule has 24 heavy (non-hydrogen) atoms. The molecule has 1 aliphatic rings. The molecule has 0 aliphatic heterocycles. The molecule has 1 saturated carbocycles. The Morgan fingerprint density at radius 3 is 1.58 bits per heavy atom. The Morgan fingerprint density at radius 1 is 0.708 bits per heavy atom. The Kier molecular flexibility index (Phi) is 5.26. The van der Waals surface area contributed by atoms with E-state index in [0.717, 1.165) is 12.8 Å². The van der Waals surface area contributed by atoms with E-state index in [1.165, 1.54) is 35.7 Å². The average molecular weight is 338 g/mol. The lowest BCUT2D eigenvalue weighted by atomic mass is 9.98. The molecule has 0 saturated heterocycles. The molecule has 0 heterocycles. The van der Waals surface area contributed by atoms with Crippen molar-refractivity contribution in [1.29, 1.82) is 0 Å². The molecule has 2 aromatic carbocycles. The molecule has 127 valence electrons. The number of hydrogen-bond donors (Lipinski definition) is 0. The van der Waals surface area contributed by atoms with Crippen LogP contribution in [0.25, 0.3) is 0 Å². The molecule has 1 radical (unpaired) electrons. The maximum absolute atomic E-state index is 7.07. The normalized spacial score (nSPS) is 17.0. The fraction of sp³-hybridized carbons (Fsp3) is 0.409. The van der Waals surface area contributed by atoms with Crippen molar-refractivity contribution < 1.29 is 4.43 Å². The first kappa shape index (κ1) is 17.4. The molecule has 0 aromatic heterocycles. The molecule has 0 atom stereocenters. The van der Waals surface area contributed by atoms with Crippen LogP contribution >= 0.6 is 0 Å². The van der Waals surface area contributed by atoms with Crippen LogP contribution < -0.4 is 10.4 Å². The molecule has 2 heteroatoms. The first-order chi connectivity index (χ1) is 11.5. The van der Waals surface area contributed by atoms with Crippen molar-refractivity contribution in [3.63, 3.8) is 0 Å². The van der Waals surface area contributed by atoms with Gasteiger partial charge in [0.15, 0.2) is 0 Å². The molecule has 2 aromatic rings. The number of rotatable bonds is 4. The molecule has 0 spiro atoms. The van der Waals surface area contributed by atoms with E-state index in [1.54, 1.807) is 0 Å². The van der Waals surface area contributed by atoms with Crippen molar-refractivity contribution in [2.75, 3.05) is 0 Å². The fourth-order valence-electron chi connectivity index (χ4n) is 3.91. The van der Waals surface area contributed by atoms with Gasteiger partial charge >= 0.3 is 0 Å². The standard InChI is InChI=1S/C22H29OSi/c1-22(2,3)24(20-15-9-5-10-16-20,21-17-11-6-12-18-21)23-19-13-7-4-8-14-19/h5-6,9-12,15-18H,4,7-8,13-14H2,1-3H3. The lowest BCUT2D eigenvalue weighted by Gasteiger charge is -2.45. The highest BCUT2D eigenvalue weighted by Gasteiger charge is 2.51. The zero-order valence-electron chi connectivity index (χ0n) is 15.2. The van der Waals surface area contributed by atoms with Gasteiger partial charge in [-0.1, -0.05) is 101 Å². The predicted molar refractivity (Wildman–Crippen MR) is 105 cm³/mol. The van der Waals surface area contributed by atoms with Gasteiger partial charge < -0.3 is 4.43 Å². The van der Waals surface area contributed by atoms with E-state index in [0.29, 0.717) is 0 Å². The van der Waals surface area contributed by atoms with E-state index in [9.17, 15) is 0 Å². The maximum atomic E-state index is 7.07. The zero-order chi connectivity index (χ0) is 17.0. The van der Waals surface area contributed by atoms with Crippen LogP contribution in [0.5, 0.6) is 0 Å². The summed E-state index contributed by atoms with van der Waals surface area (Å²) < 4.78 is 7.07. The third-order valence-electron chi connectivity index (χ3n) is 5.13. The van der Waals surface area contributed by atoms with E-state index in [-0.39, 0.29) is 5.04 Å². The van der Waals surface area contributed by atoms with Crippen LogP contribution in [0.3, 0.4) is 0 Å². The second-order valence-corrected chi connectivity index (χ2v) is 12.1. The minimum absolute atomic E-state index is 0.0696. The van der Waals surface area contributed by atoms with Crippen molar-refractivity contribution in [3.05, 3.63) is 66.8 Å². The first-order valence-corrected chi connectivity index (χ1v) is 11.1. The summed E-state index contributed by atoms with van der Waals surface area (Å²) in [4.78, 5) is 0. The summed E-state index contributed by atoms with van der Waals surface area (Å²) in [5, 5.41) is 2.82. The Bertz CT molecular complexity index is 585. The summed E-state index contributed by atoms with van der Waals surface area (Å²) in [7, 11) is -2.37. The van der Waals surface area contributed by atoms with Gasteiger partial charge in [0.05, 0.1) is 6.10 Å². The summed E-state index contributed by atoms with van der Waals surface area (Å²) in [5.74, 6) is 0. The van der Waals surface area contributed by atoms with Crippen LogP contribution in [0.2, 0.25) is 5.04 Å². The second kappa shape index (κ2) is 7.24. The van der Waals surface area contributed by atoms with E-state index in [4.69, 9.17) is 4.43 Å². The molecule has 1 nitrogen and oxygen atoms in total. The fourth-order valence-corrected chi connectivity index (χ4v) is 8.48. The lowest BCUT2D eigenvalue weighted by molar-refractivity contribution is 0.246. The summed E-state index contributed by atoms with van der Waals surface area (Å²) in [6.07, 6.45) is 7.47. The van der Waals surface area contributed by atoms with Crippen LogP contribution in [0.4, 0.5) is 0 Å². The Labute approximate surface area is 148 Å². The van der Waals surface area contributed by atoms with Gasteiger partial charge in [0.1, 0.15) is 0 Å². The van der Waals surface area contributed by atoms with Gasteiger partial charge in [0, 0.05) is 0 Å². The minimum atomic E-state index is -2.37. The van der Waals surface area contributed by atoms with Gasteiger partial charge in [0.25, 0.3) is 8.32 Å². The Morgan fingerprint density at radius 2 is 1.17 bits per heavy atom. The molecule has 1 aliphatic carbocycles. The van der Waals surface area contributed by atoms with E-state index in [1.807, 2.05) is 0 Å². The van der Waals surface area contributed by atoms with Crippen LogP contribution in [-0.4, -0.2) is 8.32 Å².